The molecule has 1 aliphatic heterocycles. The molecule has 7 heteroatoms. The smallest absolute Gasteiger partial charge is 0.354 e. The van der Waals surface area contributed by atoms with Crippen LogP contribution in [0.4, 0.5) is 5.69 Å². The molecule has 0 saturated carbocycles. The van der Waals surface area contributed by atoms with Crippen LogP contribution in [0.1, 0.15) is 20.3 Å². The molecule has 0 spiro atoms. The van der Waals surface area contributed by atoms with Crippen LogP contribution in [0.15, 0.2) is 29.4 Å². The number of halogens is 1. The lowest BCUT2D eigenvalue weighted by molar-refractivity contribution is -0.142. The van der Waals surface area contributed by atoms with E-state index >= 15 is 0 Å². The van der Waals surface area contributed by atoms with Crippen molar-refractivity contribution in [2.45, 2.75) is 25.8 Å². The van der Waals surface area contributed by atoms with Crippen LogP contribution in [0.5, 0.6) is 0 Å². The van der Waals surface area contributed by atoms with E-state index in [1.54, 1.807) is 31.2 Å². The first-order valence-corrected chi connectivity index (χ1v) is 6.80. The Bertz CT molecular complexity index is 617. The number of hydrogen-bond donors (Lipinski definition) is 1. The van der Waals surface area contributed by atoms with Gasteiger partial charge in [-0.2, -0.15) is 5.10 Å². The van der Waals surface area contributed by atoms with E-state index in [0.29, 0.717) is 10.7 Å². The fourth-order valence-electron chi connectivity index (χ4n) is 2.10. The van der Waals surface area contributed by atoms with Crippen molar-refractivity contribution in [3.05, 3.63) is 29.3 Å². The molecular weight excluding hydrogens is 296 g/mol. The predicted molar refractivity (Wildman–Crippen MR) is 78.7 cm³/mol. The van der Waals surface area contributed by atoms with Crippen LogP contribution in [0, 0.1) is 0 Å². The van der Waals surface area contributed by atoms with Crippen LogP contribution < -0.4 is 5.01 Å². The number of nitrogens with zero attached hydrogens (tertiary/aromatic N) is 2. The van der Waals surface area contributed by atoms with E-state index in [4.69, 9.17) is 16.3 Å². The molecule has 1 aliphatic rings. The number of carbonyl (C=O) groups is 2. The molecule has 6 nitrogen and oxygen atoms in total. The van der Waals surface area contributed by atoms with Crippen molar-refractivity contribution in [1.82, 2.24) is 0 Å². The molecule has 1 aromatic rings. The van der Waals surface area contributed by atoms with E-state index in [0.717, 1.165) is 0 Å². The van der Waals surface area contributed by atoms with Crippen LogP contribution in [-0.2, 0) is 14.3 Å². The van der Waals surface area contributed by atoms with E-state index in [-0.39, 0.29) is 18.7 Å². The zero-order valence-electron chi connectivity index (χ0n) is 11.7. The normalized spacial score (nSPS) is 21.1. The molecule has 0 aliphatic carbocycles. The van der Waals surface area contributed by atoms with Gasteiger partial charge >= 0.3 is 11.9 Å². The fourth-order valence-corrected chi connectivity index (χ4v) is 2.32. The second-order valence-corrected chi connectivity index (χ2v) is 5.19. The van der Waals surface area contributed by atoms with Gasteiger partial charge in [0.2, 0.25) is 0 Å². The van der Waals surface area contributed by atoms with Gasteiger partial charge in [-0.05, 0) is 26.0 Å². The highest BCUT2D eigenvalue weighted by Crippen LogP contribution is 2.37. The van der Waals surface area contributed by atoms with Crippen molar-refractivity contribution in [2.75, 3.05) is 11.6 Å². The third-order valence-corrected chi connectivity index (χ3v) is 3.57. The predicted octanol–water partition coefficient (Wildman–Crippen LogP) is 2.31. The lowest BCUT2D eigenvalue weighted by Crippen LogP contribution is -2.47. The number of benzene rings is 1. The van der Waals surface area contributed by atoms with E-state index in [1.165, 1.54) is 11.9 Å². The average molecular weight is 311 g/mol. The Morgan fingerprint density at radius 1 is 1.48 bits per heavy atom. The summed E-state index contributed by atoms with van der Waals surface area (Å²) in [5.74, 6) is -1.70. The maximum absolute atomic E-state index is 11.8. The van der Waals surface area contributed by atoms with E-state index in [1.807, 2.05) is 0 Å². The Kier molecular flexibility index (Phi) is 4.18. The van der Waals surface area contributed by atoms with Gasteiger partial charge < -0.3 is 9.84 Å². The standard InChI is InChI=1S/C14H15ClN2O4/c1-3-21-12(18)10-8-14(2,13(19)20)17(16-10)11-7-5-4-6-9(11)15/h4-7H,3,8H2,1-2H3,(H,19,20)/t14-/m1/s1. The number of aliphatic carboxylic acids is 1. The largest absolute Gasteiger partial charge is 0.479 e. The summed E-state index contributed by atoms with van der Waals surface area (Å²) in [5.41, 5.74) is -0.877. The van der Waals surface area contributed by atoms with Crippen LogP contribution in [-0.4, -0.2) is 34.9 Å². The van der Waals surface area contributed by atoms with Crippen molar-refractivity contribution >= 4 is 34.9 Å². The van der Waals surface area contributed by atoms with Gasteiger partial charge in [0.25, 0.3) is 0 Å². The highest BCUT2D eigenvalue weighted by Gasteiger charge is 2.48. The zero-order valence-corrected chi connectivity index (χ0v) is 12.4. The summed E-state index contributed by atoms with van der Waals surface area (Å²) in [7, 11) is 0. The van der Waals surface area contributed by atoms with Gasteiger partial charge in [-0.3, -0.25) is 0 Å². The number of anilines is 1. The number of ether oxygens (including phenoxy) is 1. The van der Waals surface area contributed by atoms with Crippen LogP contribution >= 0.6 is 11.6 Å². The molecule has 0 bridgehead atoms. The Labute approximate surface area is 127 Å². The summed E-state index contributed by atoms with van der Waals surface area (Å²) in [6, 6.07) is 6.75. The van der Waals surface area contributed by atoms with E-state index in [9.17, 15) is 14.7 Å². The molecule has 112 valence electrons. The second kappa shape index (κ2) is 5.73. The number of rotatable bonds is 4. The molecule has 0 aromatic heterocycles. The van der Waals surface area contributed by atoms with Crippen molar-refractivity contribution in [1.29, 1.82) is 0 Å². The van der Waals surface area contributed by atoms with Gasteiger partial charge in [-0.25, -0.2) is 14.6 Å². The number of carboxylic acids is 1. The quantitative estimate of drug-likeness (QED) is 0.863. The maximum Gasteiger partial charge on any atom is 0.354 e. The van der Waals surface area contributed by atoms with Crippen molar-refractivity contribution in [3.8, 4) is 0 Å². The Morgan fingerprint density at radius 2 is 2.14 bits per heavy atom. The third-order valence-electron chi connectivity index (χ3n) is 3.25. The first-order chi connectivity index (χ1) is 9.90. The van der Waals surface area contributed by atoms with Crippen LogP contribution in [0.2, 0.25) is 5.02 Å². The molecule has 21 heavy (non-hydrogen) atoms. The lowest BCUT2D eigenvalue weighted by atomic mass is 9.95. The summed E-state index contributed by atoms with van der Waals surface area (Å²) >= 11 is 6.10. The zero-order chi connectivity index (χ0) is 15.6. The molecule has 0 unspecified atom stereocenters. The topological polar surface area (TPSA) is 79.2 Å². The first kappa shape index (κ1) is 15.3. The highest BCUT2D eigenvalue weighted by atomic mass is 35.5. The average Bonchev–Trinajstić information content (AvgIpc) is 2.79. The number of carbonyl (C=O) groups excluding carboxylic acids is 1. The van der Waals surface area contributed by atoms with E-state index in [2.05, 4.69) is 5.10 Å². The van der Waals surface area contributed by atoms with E-state index < -0.39 is 17.5 Å². The number of hydrogen-bond acceptors (Lipinski definition) is 5. The van der Waals surface area contributed by atoms with Crippen LogP contribution in [0.3, 0.4) is 0 Å². The third kappa shape index (κ3) is 2.71. The van der Waals surface area contributed by atoms with Gasteiger partial charge in [0.15, 0.2) is 5.54 Å². The summed E-state index contributed by atoms with van der Waals surface area (Å²) in [5, 5.41) is 15.3. The molecule has 2 rings (SSSR count). The number of esters is 1. The number of carboxylic acid groups (broad SMARTS) is 1. The van der Waals surface area contributed by atoms with Crippen molar-refractivity contribution in [2.24, 2.45) is 5.10 Å². The number of para-hydroxylation sites is 1. The van der Waals surface area contributed by atoms with Crippen molar-refractivity contribution < 1.29 is 19.4 Å². The molecular formula is C14H15ClN2O4. The molecule has 0 radical (unpaired) electrons. The van der Waals surface area contributed by atoms with Gasteiger partial charge in [0.05, 0.1) is 17.3 Å². The van der Waals surface area contributed by atoms with Gasteiger partial charge in [0, 0.05) is 6.42 Å². The number of hydrazone groups is 1. The van der Waals surface area contributed by atoms with Crippen molar-refractivity contribution in [3.63, 3.8) is 0 Å². The Balaban J connectivity index is 2.46. The maximum atomic E-state index is 11.8. The van der Waals surface area contributed by atoms with Gasteiger partial charge in [0.1, 0.15) is 5.71 Å². The molecule has 1 heterocycles. The molecule has 1 atom stereocenters. The van der Waals surface area contributed by atoms with Gasteiger partial charge in [-0.1, -0.05) is 23.7 Å². The summed E-state index contributed by atoms with van der Waals surface area (Å²) in [4.78, 5) is 23.4. The lowest BCUT2D eigenvalue weighted by Gasteiger charge is -2.30. The molecule has 0 amide bonds. The summed E-state index contributed by atoms with van der Waals surface area (Å²) in [6.07, 6.45) is -0.0492. The minimum absolute atomic E-state index is 0.0492. The SMILES string of the molecule is CCOC(=O)C1=NN(c2ccccc2Cl)[C@@](C)(C(=O)O)C1. The first-order valence-electron chi connectivity index (χ1n) is 6.43. The molecule has 1 N–H and O–H groups in total. The monoisotopic (exact) mass is 310 g/mol. The molecule has 0 saturated heterocycles. The van der Waals surface area contributed by atoms with Crippen LogP contribution in [0.25, 0.3) is 0 Å². The van der Waals surface area contributed by atoms with Gasteiger partial charge in [-0.15, -0.1) is 0 Å². The Morgan fingerprint density at radius 3 is 2.71 bits per heavy atom. The minimum atomic E-state index is -1.38. The summed E-state index contributed by atoms with van der Waals surface area (Å²) in [6.45, 7) is 3.37. The second-order valence-electron chi connectivity index (χ2n) is 4.79. The minimum Gasteiger partial charge on any atom is -0.479 e. The highest BCUT2D eigenvalue weighted by molar-refractivity contribution is 6.38. The molecule has 0 fully saturated rings. The Hall–Kier alpha value is -2.08. The summed E-state index contributed by atoms with van der Waals surface area (Å²) < 4.78 is 4.89. The molecule has 1 aromatic carbocycles. The fraction of sp³-hybridized carbons (Fsp3) is 0.357.